The van der Waals surface area contributed by atoms with Gasteiger partial charge >= 0.3 is 0 Å². The van der Waals surface area contributed by atoms with Crippen LogP contribution in [0.15, 0.2) is 42.5 Å². The van der Waals surface area contributed by atoms with E-state index in [2.05, 4.69) is 15.8 Å². The first-order valence-electron chi connectivity index (χ1n) is 6.00. The number of rotatable bonds is 3. The summed E-state index contributed by atoms with van der Waals surface area (Å²) in [5.41, 5.74) is 5.83. The molecule has 2 aromatic carbocycles. The fraction of sp³-hybridized carbons (Fsp3) is 0. The Morgan fingerprint density at radius 1 is 1.24 bits per heavy atom. The molecule has 0 fully saturated rings. The molecule has 0 bridgehead atoms. The predicted molar refractivity (Wildman–Crippen MR) is 82.1 cm³/mol. The fourth-order valence-corrected chi connectivity index (χ4v) is 2.87. The molecule has 4 nitrogen and oxygen atoms in total. The Morgan fingerprint density at radius 3 is 2.86 bits per heavy atom. The highest BCUT2D eigenvalue weighted by atomic mass is 35.5. The molecule has 0 radical (unpaired) electrons. The van der Waals surface area contributed by atoms with E-state index in [9.17, 15) is 9.18 Å². The number of aromatic nitrogens is 1. The zero-order chi connectivity index (χ0) is 14.8. The monoisotopic (exact) mass is 321 g/mol. The molecule has 21 heavy (non-hydrogen) atoms. The number of benzene rings is 2. The van der Waals surface area contributed by atoms with Crippen LogP contribution in [0.25, 0.3) is 10.2 Å². The lowest BCUT2D eigenvalue weighted by Crippen LogP contribution is -2.29. The van der Waals surface area contributed by atoms with Crippen LogP contribution in [0.2, 0.25) is 5.02 Å². The van der Waals surface area contributed by atoms with Crippen molar-refractivity contribution in [2.24, 2.45) is 0 Å². The molecule has 7 heteroatoms. The zero-order valence-electron chi connectivity index (χ0n) is 10.6. The molecule has 0 aliphatic carbocycles. The molecule has 0 unspecified atom stereocenters. The average molecular weight is 322 g/mol. The van der Waals surface area contributed by atoms with E-state index in [0.717, 1.165) is 10.2 Å². The molecular formula is C14H9ClFN3OS. The van der Waals surface area contributed by atoms with E-state index in [-0.39, 0.29) is 5.56 Å². The van der Waals surface area contributed by atoms with Gasteiger partial charge in [-0.05, 0) is 30.3 Å². The highest BCUT2D eigenvalue weighted by Crippen LogP contribution is 2.27. The summed E-state index contributed by atoms with van der Waals surface area (Å²) in [5, 5.41) is 1.12. The van der Waals surface area contributed by atoms with Crippen LogP contribution in [0, 0.1) is 5.82 Å². The summed E-state index contributed by atoms with van der Waals surface area (Å²) in [6.07, 6.45) is 0. The van der Waals surface area contributed by atoms with Crippen LogP contribution in [0.5, 0.6) is 0 Å². The first kappa shape index (κ1) is 13.8. The van der Waals surface area contributed by atoms with E-state index >= 15 is 0 Å². The van der Waals surface area contributed by atoms with Crippen molar-refractivity contribution >= 4 is 44.2 Å². The van der Waals surface area contributed by atoms with Crippen molar-refractivity contribution in [3.63, 3.8) is 0 Å². The number of carbonyl (C=O) groups is 1. The number of fused-ring (bicyclic) bond motifs is 1. The minimum absolute atomic E-state index is 0.0332. The number of thiazole rings is 1. The molecule has 0 atom stereocenters. The second kappa shape index (κ2) is 5.67. The van der Waals surface area contributed by atoms with Crippen LogP contribution in [-0.2, 0) is 0 Å². The number of amides is 1. The molecule has 0 aliphatic rings. The van der Waals surface area contributed by atoms with Crippen LogP contribution < -0.4 is 10.9 Å². The number of nitrogens with one attached hydrogen (secondary N) is 2. The van der Waals surface area contributed by atoms with Crippen molar-refractivity contribution in [3.8, 4) is 0 Å². The van der Waals surface area contributed by atoms with Gasteiger partial charge in [-0.15, -0.1) is 0 Å². The Balaban J connectivity index is 1.74. The Bertz CT molecular complexity index is 821. The van der Waals surface area contributed by atoms with Crippen LogP contribution >= 0.6 is 22.9 Å². The third-order valence-corrected chi connectivity index (χ3v) is 3.92. The summed E-state index contributed by atoms with van der Waals surface area (Å²) >= 11 is 7.24. The van der Waals surface area contributed by atoms with Crippen molar-refractivity contribution in [1.29, 1.82) is 0 Å². The minimum atomic E-state index is -0.576. The Hall–Kier alpha value is -2.18. The number of halogens is 2. The van der Waals surface area contributed by atoms with Gasteiger partial charge in [0.25, 0.3) is 5.91 Å². The van der Waals surface area contributed by atoms with Gasteiger partial charge in [0.15, 0.2) is 0 Å². The van der Waals surface area contributed by atoms with Gasteiger partial charge in [-0.2, -0.15) is 0 Å². The smallest absolute Gasteiger partial charge is 0.272 e. The van der Waals surface area contributed by atoms with Gasteiger partial charge in [-0.25, -0.2) is 9.37 Å². The predicted octanol–water partition coefficient (Wildman–Crippen LogP) is 3.85. The van der Waals surface area contributed by atoms with Gasteiger partial charge in [0.05, 0.1) is 15.8 Å². The molecule has 106 valence electrons. The topological polar surface area (TPSA) is 54.0 Å². The molecule has 0 aliphatic heterocycles. The van der Waals surface area contributed by atoms with E-state index < -0.39 is 11.7 Å². The van der Waals surface area contributed by atoms with Gasteiger partial charge < -0.3 is 0 Å². The maximum Gasteiger partial charge on any atom is 0.272 e. The third-order valence-electron chi connectivity index (χ3n) is 2.75. The van der Waals surface area contributed by atoms with E-state index in [0.29, 0.717) is 10.2 Å². The Kier molecular flexibility index (Phi) is 3.72. The second-order valence-electron chi connectivity index (χ2n) is 4.19. The molecule has 2 N–H and O–H groups in total. The van der Waals surface area contributed by atoms with Crippen molar-refractivity contribution < 1.29 is 9.18 Å². The first-order chi connectivity index (χ1) is 10.1. The second-order valence-corrected chi connectivity index (χ2v) is 5.66. The highest BCUT2D eigenvalue weighted by molar-refractivity contribution is 7.22. The van der Waals surface area contributed by atoms with E-state index in [1.807, 2.05) is 0 Å². The van der Waals surface area contributed by atoms with Gasteiger partial charge in [-0.1, -0.05) is 35.1 Å². The number of hydrogen-bond acceptors (Lipinski definition) is 4. The normalized spacial score (nSPS) is 10.6. The largest absolute Gasteiger partial charge is 0.273 e. The summed E-state index contributed by atoms with van der Waals surface area (Å²) in [6.45, 7) is 0. The van der Waals surface area contributed by atoms with Gasteiger partial charge in [0.2, 0.25) is 5.13 Å². The van der Waals surface area contributed by atoms with E-state index in [1.54, 1.807) is 24.3 Å². The van der Waals surface area contributed by atoms with Crippen LogP contribution in [0.3, 0.4) is 0 Å². The van der Waals surface area contributed by atoms with Crippen LogP contribution in [-0.4, -0.2) is 10.9 Å². The lowest BCUT2D eigenvalue weighted by atomic mass is 10.2. The van der Waals surface area contributed by atoms with Gasteiger partial charge in [-0.3, -0.25) is 15.6 Å². The summed E-state index contributed by atoms with van der Waals surface area (Å²) in [7, 11) is 0. The van der Waals surface area contributed by atoms with Crippen LogP contribution in [0.1, 0.15) is 10.4 Å². The van der Waals surface area contributed by atoms with Crippen molar-refractivity contribution in [2.75, 3.05) is 5.43 Å². The summed E-state index contributed by atoms with van der Waals surface area (Å²) in [4.78, 5) is 16.1. The van der Waals surface area contributed by atoms with Crippen LogP contribution in [0.4, 0.5) is 9.52 Å². The average Bonchev–Trinajstić information content (AvgIpc) is 2.87. The Labute approximate surface area is 128 Å². The number of nitrogens with zero attached hydrogens (tertiary/aromatic N) is 1. The SMILES string of the molecule is O=C(NNc1nc2ccc(Cl)cc2s1)c1ccccc1F. The number of hydrogen-bond donors (Lipinski definition) is 2. The first-order valence-corrected chi connectivity index (χ1v) is 7.20. The summed E-state index contributed by atoms with van der Waals surface area (Å²) in [5.74, 6) is -1.14. The van der Waals surface area contributed by atoms with Crippen molar-refractivity contribution in [3.05, 3.63) is 58.9 Å². The molecule has 1 heterocycles. The molecule has 1 aromatic heterocycles. The minimum Gasteiger partial charge on any atom is -0.273 e. The molecule has 3 aromatic rings. The van der Waals surface area contributed by atoms with Crippen molar-refractivity contribution in [1.82, 2.24) is 10.4 Å². The van der Waals surface area contributed by atoms with Gasteiger partial charge in [0, 0.05) is 5.02 Å². The number of anilines is 1. The molecular weight excluding hydrogens is 313 g/mol. The number of carbonyl (C=O) groups excluding carboxylic acids is 1. The Morgan fingerprint density at radius 2 is 2.05 bits per heavy atom. The molecule has 3 rings (SSSR count). The third kappa shape index (κ3) is 2.96. The highest BCUT2D eigenvalue weighted by Gasteiger charge is 2.11. The van der Waals surface area contributed by atoms with Crippen molar-refractivity contribution in [2.45, 2.75) is 0 Å². The maximum absolute atomic E-state index is 13.5. The lowest BCUT2D eigenvalue weighted by Gasteiger charge is -2.05. The standard InChI is InChI=1S/C14H9ClFN3OS/c15-8-5-6-11-12(7-8)21-14(17-11)19-18-13(20)9-3-1-2-4-10(9)16/h1-7H,(H,17,19)(H,18,20). The molecule has 1 amide bonds. The quantitative estimate of drug-likeness (QED) is 0.720. The van der Waals surface area contributed by atoms with E-state index in [1.165, 1.54) is 29.5 Å². The maximum atomic E-state index is 13.5. The van der Waals surface area contributed by atoms with E-state index in [4.69, 9.17) is 11.6 Å². The van der Waals surface area contributed by atoms with Gasteiger partial charge in [0.1, 0.15) is 5.82 Å². The zero-order valence-corrected chi connectivity index (χ0v) is 12.1. The summed E-state index contributed by atoms with van der Waals surface area (Å²) < 4.78 is 14.4. The molecule has 0 saturated carbocycles. The fourth-order valence-electron chi connectivity index (χ4n) is 1.77. The number of hydrazine groups is 1. The molecule has 0 saturated heterocycles. The lowest BCUT2D eigenvalue weighted by molar-refractivity contribution is 0.0958. The molecule has 0 spiro atoms. The summed E-state index contributed by atoms with van der Waals surface area (Å²) in [6, 6.07) is 11.1.